The molecular weight excluding hydrogens is 328 g/mol. The summed E-state index contributed by atoms with van der Waals surface area (Å²) in [4.78, 5) is 13.4. The molecule has 0 aliphatic heterocycles. The van der Waals surface area contributed by atoms with E-state index in [9.17, 15) is 0 Å². The lowest BCUT2D eigenvalue weighted by Crippen LogP contribution is -3.05. The molecular formula is C20H33N4S+. The highest BCUT2D eigenvalue weighted by molar-refractivity contribution is 7.19. The zero-order chi connectivity index (χ0) is 18.0. The van der Waals surface area contributed by atoms with E-state index in [1.54, 1.807) is 11.2 Å². The van der Waals surface area contributed by atoms with Gasteiger partial charge < -0.3 is 10.2 Å². The molecule has 0 saturated carbocycles. The molecule has 0 aromatic carbocycles. The van der Waals surface area contributed by atoms with Gasteiger partial charge in [-0.2, -0.15) is 0 Å². The lowest BCUT2D eigenvalue weighted by molar-refractivity contribution is -0.858. The van der Waals surface area contributed by atoms with Gasteiger partial charge in [-0.1, -0.05) is 27.2 Å². The van der Waals surface area contributed by atoms with Crippen LogP contribution in [-0.2, 0) is 12.8 Å². The third kappa shape index (κ3) is 3.98. The third-order valence-corrected chi connectivity index (χ3v) is 7.20. The zero-order valence-electron chi connectivity index (χ0n) is 16.4. The summed E-state index contributed by atoms with van der Waals surface area (Å²) in [5.41, 5.74) is 1.93. The van der Waals surface area contributed by atoms with Crippen LogP contribution in [0.4, 0.5) is 5.82 Å². The number of nitrogens with zero attached hydrogens (tertiary/aromatic N) is 2. The van der Waals surface area contributed by atoms with Gasteiger partial charge in [0.2, 0.25) is 0 Å². The molecule has 138 valence electrons. The maximum Gasteiger partial charge on any atom is 0.138 e. The molecule has 3 rings (SSSR count). The Kier molecular flexibility index (Phi) is 5.64. The van der Waals surface area contributed by atoms with Crippen molar-refractivity contribution in [2.24, 2.45) is 11.3 Å². The Labute approximate surface area is 156 Å². The molecule has 1 atom stereocenters. The van der Waals surface area contributed by atoms with E-state index >= 15 is 0 Å². The van der Waals surface area contributed by atoms with E-state index in [0.29, 0.717) is 5.41 Å². The lowest BCUT2D eigenvalue weighted by atomic mass is 9.69. The van der Waals surface area contributed by atoms with Crippen molar-refractivity contribution >= 4 is 27.4 Å². The first-order valence-corrected chi connectivity index (χ1v) is 10.5. The first-order chi connectivity index (χ1) is 11.9. The molecule has 0 fully saturated rings. The van der Waals surface area contributed by atoms with Crippen molar-refractivity contribution in [2.75, 3.05) is 32.5 Å². The molecule has 0 bridgehead atoms. The summed E-state index contributed by atoms with van der Waals surface area (Å²) in [6, 6.07) is 0. The van der Waals surface area contributed by atoms with Gasteiger partial charge in [0.05, 0.1) is 26.0 Å². The van der Waals surface area contributed by atoms with E-state index in [4.69, 9.17) is 0 Å². The van der Waals surface area contributed by atoms with E-state index in [1.807, 2.05) is 11.3 Å². The first-order valence-electron chi connectivity index (χ1n) is 9.70. The second kappa shape index (κ2) is 7.58. The van der Waals surface area contributed by atoms with Gasteiger partial charge in [0.1, 0.15) is 17.0 Å². The minimum atomic E-state index is 0.406. The zero-order valence-corrected chi connectivity index (χ0v) is 17.2. The Morgan fingerprint density at radius 1 is 1.32 bits per heavy atom. The van der Waals surface area contributed by atoms with Crippen LogP contribution in [0.2, 0.25) is 0 Å². The third-order valence-electron chi connectivity index (χ3n) is 6.00. The second-order valence-corrected chi connectivity index (χ2v) is 9.51. The molecule has 25 heavy (non-hydrogen) atoms. The average molecular weight is 362 g/mol. The van der Waals surface area contributed by atoms with Crippen LogP contribution in [-0.4, -0.2) is 37.2 Å². The maximum absolute atomic E-state index is 4.59. The van der Waals surface area contributed by atoms with E-state index < -0.39 is 0 Å². The summed E-state index contributed by atoms with van der Waals surface area (Å²) in [5, 5.41) is 4.89. The van der Waals surface area contributed by atoms with Gasteiger partial charge in [-0.15, -0.1) is 11.3 Å². The Morgan fingerprint density at radius 3 is 2.84 bits per heavy atom. The number of rotatable bonds is 7. The standard InChI is InChI=1S/C20H32N4S/c1-6-20(2,3)14-8-9-16-15(12-14)17-18(21-10-7-11-24(4)5)22-13-23-19(17)25-16/h13-14H,6-12H2,1-5H3,(H,21,22,23)/p+1/t14-/m1/s1. The average Bonchev–Trinajstić information content (AvgIpc) is 2.97. The van der Waals surface area contributed by atoms with Crippen LogP contribution in [0.1, 0.15) is 50.5 Å². The summed E-state index contributed by atoms with van der Waals surface area (Å²) in [7, 11) is 4.40. The molecule has 0 amide bonds. The van der Waals surface area contributed by atoms with Crippen molar-refractivity contribution in [3.63, 3.8) is 0 Å². The van der Waals surface area contributed by atoms with Crippen LogP contribution >= 0.6 is 11.3 Å². The molecule has 2 aromatic heterocycles. The summed E-state index contributed by atoms with van der Waals surface area (Å²) in [5.74, 6) is 1.81. The number of fused-ring (bicyclic) bond motifs is 3. The minimum Gasteiger partial charge on any atom is -0.369 e. The van der Waals surface area contributed by atoms with Crippen LogP contribution in [0, 0.1) is 11.3 Å². The molecule has 4 nitrogen and oxygen atoms in total. The van der Waals surface area contributed by atoms with Gasteiger partial charge in [0.15, 0.2) is 0 Å². The van der Waals surface area contributed by atoms with Crippen LogP contribution in [0.5, 0.6) is 0 Å². The summed E-state index contributed by atoms with van der Waals surface area (Å²) >= 11 is 1.88. The topological polar surface area (TPSA) is 42.2 Å². The molecule has 5 heteroatoms. The van der Waals surface area contributed by atoms with Crippen molar-refractivity contribution in [2.45, 2.75) is 52.9 Å². The number of hydrogen-bond acceptors (Lipinski definition) is 4. The second-order valence-electron chi connectivity index (χ2n) is 8.43. The SMILES string of the molecule is CCC(C)(C)[C@@H]1CCc2sc3ncnc(NCCC[NH+](C)C)c3c2C1. The molecule has 0 saturated heterocycles. The summed E-state index contributed by atoms with van der Waals surface area (Å²) in [6.07, 6.45) is 7.81. The highest BCUT2D eigenvalue weighted by Gasteiger charge is 2.33. The van der Waals surface area contributed by atoms with Gasteiger partial charge in [-0.25, -0.2) is 9.97 Å². The maximum atomic E-state index is 4.59. The first kappa shape index (κ1) is 18.6. The Balaban J connectivity index is 1.85. The minimum absolute atomic E-state index is 0.406. The normalized spacial score (nSPS) is 17.9. The molecule has 1 aliphatic rings. The van der Waals surface area contributed by atoms with Crippen molar-refractivity contribution in [1.82, 2.24) is 9.97 Å². The van der Waals surface area contributed by atoms with Crippen LogP contribution in [0.25, 0.3) is 10.2 Å². The van der Waals surface area contributed by atoms with E-state index in [0.717, 1.165) is 29.5 Å². The summed E-state index contributed by atoms with van der Waals surface area (Å²) in [6.45, 7) is 9.33. The van der Waals surface area contributed by atoms with Crippen molar-refractivity contribution in [3.8, 4) is 0 Å². The van der Waals surface area contributed by atoms with Crippen LogP contribution in [0.3, 0.4) is 0 Å². The van der Waals surface area contributed by atoms with Gasteiger partial charge >= 0.3 is 0 Å². The van der Waals surface area contributed by atoms with E-state index in [2.05, 4.69) is 50.2 Å². The molecule has 2 aromatic rings. The lowest BCUT2D eigenvalue weighted by Gasteiger charge is -2.36. The molecule has 0 radical (unpaired) electrons. The van der Waals surface area contributed by atoms with Crippen LogP contribution < -0.4 is 10.2 Å². The van der Waals surface area contributed by atoms with Gasteiger partial charge in [-0.05, 0) is 36.2 Å². The van der Waals surface area contributed by atoms with Crippen LogP contribution in [0.15, 0.2) is 6.33 Å². The van der Waals surface area contributed by atoms with Gasteiger partial charge in [0, 0.05) is 17.8 Å². The number of quaternary nitrogens is 1. The van der Waals surface area contributed by atoms with Crippen molar-refractivity contribution in [1.29, 1.82) is 0 Å². The largest absolute Gasteiger partial charge is 0.369 e. The fourth-order valence-corrected chi connectivity index (χ4v) is 5.03. The van der Waals surface area contributed by atoms with Crippen molar-refractivity contribution < 1.29 is 4.90 Å². The highest BCUT2D eigenvalue weighted by atomic mass is 32.1. The molecule has 2 N–H and O–H groups in total. The smallest absolute Gasteiger partial charge is 0.138 e. The Morgan fingerprint density at radius 2 is 2.12 bits per heavy atom. The fraction of sp³-hybridized carbons (Fsp3) is 0.700. The number of thiophene rings is 1. The predicted molar refractivity (Wildman–Crippen MR) is 108 cm³/mol. The van der Waals surface area contributed by atoms with Gasteiger partial charge in [0.25, 0.3) is 0 Å². The molecule has 0 unspecified atom stereocenters. The molecule has 1 aliphatic carbocycles. The summed E-state index contributed by atoms with van der Waals surface area (Å²) < 4.78 is 0. The monoisotopic (exact) mass is 361 g/mol. The van der Waals surface area contributed by atoms with E-state index in [-0.39, 0.29) is 0 Å². The number of nitrogens with one attached hydrogen (secondary N) is 2. The number of aromatic nitrogens is 2. The Hall–Kier alpha value is -1.20. The highest BCUT2D eigenvalue weighted by Crippen LogP contribution is 2.45. The number of anilines is 1. The number of hydrogen-bond donors (Lipinski definition) is 2. The quantitative estimate of drug-likeness (QED) is 0.744. The fourth-order valence-electron chi connectivity index (χ4n) is 3.85. The molecule has 0 spiro atoms. The predicted octanol–water partition coefficient (Wildman–Crippen LogP) is 3.18. The van der Waals surface area contributed by atoms with Crippen molar-refractivity contribution in [3.05, 3.63) is 16.8 Å². The Bertz CT molecular complexity index is 720. The van der Waals surface area contributed by atoms with E-state index in [1.165, 1.54) is 48.1 Å². The number of aryl methyl sites for hydroxylation is 1. The van der Waals surface area contributed by atoms with Gasteiger partial charge in [-0.3, -0.25) is 0 Å². The molecule has 2 heterocycles.